The zero-order valence-corrected chi connectivity index (χ0v) is 45.6. The van der Waals surface area contributed by atoms with E-state index in [-0.39, 0.29) is 69.5 Å². The maximum atomic E-state index is 14.2. The number of ether oxygens (including phenoxy) is 4. The zero-order valence-electron chi connectivity index (χ0n) is 44.8. The first-order valence-electron chi connectivity index (χ1n) is 26.0. The second-order valence-corrected chi connectivity index (χ2v) is 21.4. The molecule has 3 atom stereocenters. The van der Waals surface area contributed by atoms with Gasteiger partial charge in [-0.2, -0.15) is 0 Å². The van der Waals surface area contributed by atoms with Gasteiger partial charge < -0.3 is 54.8 Å². The molecule has 0 spiro atoms. The predicted octanol–water partition coefficient (Wildman–Crippen LogP) is 7.54. The number of β-amino-alcohol motifs (C(OH)–C–C–N with tert-alkyl or cyclic N) is 1. The lowest BCUT2D eigenvalue weighted by molar-refractivity contribution is -0.141. The quantitative estimate of drug-likeness (QED) is 0.0404. The molecule has 0 bridgehead atoms. The van der Waals surface area contributed by atoms with Crippen LogP contribution in [0.4, 0.5) is 5.69 Å². The smallest absolute Gasteiger partial charge is 0.253 e. The molecule has 0 unspecified atom stereocenters. The number of H-pyrrole nitrogens is 1. The highest BCUT2D eigenvalue weighted by Crippen LogP contribution is 2.35. The van der Waals surface area contributed by atoms with Crippen LogP contribution in [0.25, 0.3) is 21.6 Å². The summed E-state index contributed by atoms with van der Waals surface area (Å²) in [5.41, 5.74) is 11.1. The van der Waals surface area contributed by atoms with Crippen LogP contribution in [0.2, 0.25) is 0 Å². The summed E-state index contributed by atoms with van der Waals surface area (Å²) in [4.78, 5) is 66.4. The second-order valence-electron chi connectivity index (χ2n) is 20.6. The van der Waals surface area contributed by atoms with Crippen LogP contribution in [0, 0.1) is 33.1 Å². The number of thiazole rings is 1. The van der Waals surface area contributed by atoms with Crippen molar-refractivity contribution in [3.05, 3.63) is 134 Å². The minimum atomic E-state index is -0.875. The summed E-state index contributed by atoms with van der Waals surface area (Å²) in [7, 11) is 0. The Labute approximate surface area is 445 Å². The van der Waals surface area contributed by atoms with Crippen molar-refractivity contribution < 1.29 is 38.4 Å². The van der Waals surface area contributed by atoms with Crippen LogP contribution in [0.3, 0.4) is 0 Å². The molecule has 0 aliphatic carbocycles. The number of benzene rings is 3. The number of nitrogens with one attached hydrogen (secondary N) is 4. The Morgan fingerprint density at radius 1 is 0.920 bits per heavy atom. The number of hydrogen-bond donors (Lipinski definition) is 5. The van der Waals surface area contributed by atoms with Crippen LogP contribution in [0.1, 0.15) is 91.0 Å². The van der Waals surface area contributed by atoms with Crippen LogP contribution in [-0.2, 0) is 36.9 Å². The third kappa shape index (κ3) is 14.7. The van der Waals surface area contributed by atoms with E-state index < -0.39 is 29.5 Å². The van der Waals surface area contributed by atoms with Gasteiger partial charge in [-0.1, -0.05) is 63.7 Å². The lowest BCUT2D eigenvalue weighted by Gasteiger charge is -2.37. The van der Waals surface area contributed by atoms with E-state index in [9.17, 15) is 24.3 Å². The Bertz CT molecular complexity index is 2820. The molecule has 5 aromatic rings. The van der Waals surface area contributed by atoms with Crippen LogP contribution in [-0.4, -0.2) is 121 Å². The van der Waals surface area contributed by atoms with Gasteiger partial charge in [0.15, 0.2) is 0 Å². The van der Waals surface area contributed by atoms with E-state index in [0.29, 0.717) is 48.8 Å². The number of hydrogen-bond acceptors (Lipinski definition) is 13. The van der Waals surface area contributed by atoms with E-state index in [1.807, 2.05) is 90.4 Å². The highest BCUT2D eigenvalue weighted by molar-refractivity contribution is 7.13. The first-order valence-corrected chi connectivity index (χ1v) is 26.8. The van der Waals surface area contributed by atoms with Gasteiger partial charge >= 0.3 is 0 Å². The van der Waals surface area contributed by atoms with Gasteiger partial charge in [0.2, 0.25) is 11.8 Å². The fraction of sp³-hybridized carbons (Fsp3) is 0.466. The predicted molar refractivity (Wildman–Crippen MR) is 294 cm³/mol. The number of likely N-dealkylation sites (tertiary alicyclic amines) is 1. The average molecular weight is 1050 g/mol. The summed E-state index contributed by atoms with van der Waals surface area (Å²) in [5, 5.41) is 20.0. The van der Waals surface area contributed by atoms with Gasteiger partial charge in [-0.25, -0.2) is 4.98 Å². The van der Waals surface area contributed by atoms with Crippen molar-refractivity contribution in [3.8, 4) is 27.3 Å². The van der Waals surface area contributed by atoms with E-state index in [1.54, 1.807) is 16.2 Å². The Hall–Kier alpha value is -6.37. The van der Waals surface area contributed by atoms with Crippen LogP contribution >= 0.6 is 11.3 Å². The van der Waals surface area contributed by atoms with Crippen molar-refractivity contribution in [2.24, 2.45) is 5.41 Å². The molecule has 3 amide bonds. The molecule has 7 rings (SSSR count). The molecule has 0 saturated carbocycles. The maximum Gasteiger partial charge on any atom is 0.253 e. The van der Waals surface area contributed by atoms with Gasteiger partial charge in [0.25, 0.3) is 11.5 Å². The van der Waals surface area contributed by atoms with E-state index in [2.05, 4.69) is 74.7 Å². The summed E-state index contributed by atoms with van der Waals surface area (Å²) < 4.78 is 23.1. The Balaban J connectivity index is 0.868. The minimum absolute atomic E-state index is 0.106. The standard InChI is InChI=1S/C58H75N7O9S/c1-10-64(45-19-21-71-22-20-45)50-29-44(28-48(38(50)4)55(68)60-32-49-36(2)27-37(3)62-56(49)69)42-15-17-47(18-16-42)74-26-25-72-23-24-73-34-52(67)63-54(58(7,8)9)57(70)65-33-46(66)30-51(65)39(5)59-31-41-11-13-43(14-12-41)53-40(6)61-35-75-53/h11-18,27-29,35,45-46,51,54,59,66H,5,10,19-26,30-34H2,1-4,6-9H3,(H,60,68)(H,62,69)(H,63,67)/t46-,51+,54-/m1/s1. The van der Waals surface area contributed by atoms with Crippen molar-refractivity contribution in [3.63, 3.8) is 0 Å². The number of carbonyl (C=O) groups excluding carboxylic acids is 3. The number of carbonyl (C=O) groups is 3. The fourth-order valence-corrected chi connectivity index (χ4v) is 10.6. The third-order valence-corrected chi connectivity index (χ3v) is 15.0. The normalized spacial score (nSPS) is 16.4. The monoisotopic (exact) mass is 1050 g/mol. The van der Waals surface area contributed by atoms with Gasteiger partial charge in [0, 0.05) is 80.1 Å². The molecule has 0 radical (unpaired) electrons. The fourth-order valence-electron chi connectivity index (χ4n) is 9.83. The van der Waals surface area contributed by atoms with E-state index in [0.717, 1.165) is 74.7 Å². The molecular weight excluding hydrogens is 971 g/mol. The molecule has 17 heteroatoms. The summed E-state index contributed by atoms with van der Waals surface area (Å²) >= 11 is 1.61. The lowest BCUT2D eigenvalue weighted by Crippen LogP contribution is -2.57. The number of nitrogens with zero attached hydrogens (tertiary/aromatic N) is 3. The maximum absolute atomic E-state index is 14.2. The molecule has 2 aliphatic heterocycles. The molecule has 402 valence electrons. The molecule has 2 aromatic heterocycles. The molecule has 2 saturated heterocycles. The van der Waals surface area contributed by atoms with Gasteiger partial charge in [0.1, 0.15) is 25.0 Å². The van der Waals surface area contributed by atoms with Gasteiger partial charge in [-0.05, 0) is 117 Å². The van der Waals surface area contributed by atoms with E-state index in [1.165, 1.54) is 0 Å². The van der Waals surface area contributed by atoms with Crippen molar-refractivity contribution in [2.45, 2.75) is 112 Å². The average Bonchev–Trinajstić information content (AvgIpc) is 4.01. The first-order chi connectivity index (χ1) is 35.9. The van der Waals surface area contributed by atoms with Crippen molar-refractivity contribution in [1.29, 1.82) is 0 Å². The van der Waals surface area contributed by atoms with Crippen LogP contribution in [0.15, 0.2) is 89.3 Å². The Kier molecular flexibility index (Phi) is 19.5. The Morgan fingerprint density at radius 3 is 2.28 bits per heavy atom. The summed E-state index contributed by atoms with van der Waals surface area (Å²) in [6.45, 7) is 23.3. The number of aryl methyl sites for hydroxylation is 3. The zero-order chi connectivity index (χ0) is 53.8. The summed E-state index contributed by atoms with van der Waals surface area (Å²) in [5.74, 6) is -0.334. The van der Waals surface area contributed by atoms with Crippen LogP contribution in [0.5, 0.6) is 5.75 Å². The molecule has 2 fully saturated rings. The van der Waals surface area contributed by atoms with E-state index >= 15 is 0 Å². The minimum Gasteiger partial charge on any atom is -0.491 e. The van der Waals surface area contributed by atoms with Gasteiger partial charge in [0.05, 0.1) is 48.0 Å². The van der Waals surface area contributed by atoms with E-state index in [4.69, 9.17) is 18.9 Å². The number of aliphatic hydroxyl groups is 1. The number of amides is 3. The molecule has 75 heavy (non-hydrogen) atoms. The molecular formula is C58H75N7O9S. The highest BCUT2D eigenvalue weighted by Gasteiger charge is 2.43. The van der Waals surface area contributed by atoms with Crippen molar-refractivity contribution in [2.75, 3.05) is 64.2 Å². The molecule has 4 heterocycles. The number of rotatable bonds is 23. The lowest BCUT2D eigenvalue weighted by atomic mass is 9.85. The van der Waals surface area contributed by atoms with Crippen molar-refractivity contribution >= 4 is 34.7 Å². The Morgan fingerprint density at radius 2 is 1.61 bits per heavy atom. The molecule has 3 aromatic carbocycles. The number of aromatic amines is 1. The second kappa shape index (κ2) is 25.9. The number of aliphatic hydroxyl groups excluding tert-OH is 1. The largest absolute Gasteiger partial charge is 0.491 e. The van der Waals surface area contributed by atoms with Gasteiger partial charge in [-0.15, -0.1) is 11.3 Å². The van der Waals surface area contributed by atoms with Crippen LogP contribution < -0.4 is 31.1 Å². The molecule has 16 nitrogen and oxygen atoms in total. The summed E-state index contributed by atoms with van der Waals surface area (Å²) in [6.07, 6.45) is 1.40. The van der Waals surface area contributed by atoms with Crippen molar-refractivity contribution in [1.82, 2.24) is 30.8 Å². The highest BCUT2D eigenvalue weighted by atomic mass is 32.1. The SMILES string of the molecule is C=C(NCc1ccc(-c2scnc2C)cc1)[C@@H]1C[C@@H](O)CN1C(=O)[C@@H](NC(=O)COCCOCCOc1ccc(-c2cc(C(=O)NCc3c(C)cc(C)[nH]c3=O)c(C)c(N(CC)C3CCOCC3)c2)cc1)C(C)(C)C. The first kappa shape index (κ1) is 56.4. The van der Waals surface area contributed by atoms with Gasteiger partial charge in [-0.3, -0.25) is 19.2 Å². The molecule has 2 aliphatic rings. The number of aromatic nitrogens is 2. The third-order valence-electron chi connectivity index (χ3n) is 14.0. The number of pyridine rings is 1. The number of anilines is 1. The molecule has 5 N–H and O–H groups in total. The summed E-state index contributed by atoms with van der Waals surface area (Å²) in [6, 6.07) is 20.9. The topological polar surface area (TPSA) is 197 Å².